The first-order valence-electron chi connectivity index (χ1n) is 5.57. The number of aromatic nitrogens is 2. The summed E-state index contributed by atoms with van der Waals surface area (Å²) in [6, 6.07) is 7.95. The fraction of sp³-hybridized carbons (Fsp3) is 0.231. The smallest absolute Gasteiger partial charge is 0.221 e. The van der Waals surface area contributed by atoms with Gasteiger partial charge in [-0.15, -0.1) is 0 Å². The van der Waals surface area contributed by atoms with Crippen LogP contribution in [0.5, 0.6) is 5.88 Å². The third-order valence-corrected chi connectivity index (χ3v) is 3.35. The van der Waals surface area contributed by atoms with Crippen molar-refractivity contribution in [3.63, 3.8) is 0 Å². The lowest BCUT2D eigenvalue weighted by Gasteiger charge is -2.09. The van der Waals surface area contributed by atoms with E-state index in [2.05, 4.69) is 25.9 Å². The summed E-state index contributed by atoms with van der Waals surface area (Å²) in [6.07, 6.45) is 2.16. The van der Waals surface area contributed by atoms with Crippen LogP contribution in [0.25, 0.3) is 0 Å². The minimum Gasteiger partial charge on any atom is -0.472 e. The fourth-order valence-electron chi connectivity index (χ4n) is 1.53. The first-order valence-corrected chi connectivity index (χ1v) is 6.74. The third-order valence-electron chi connectivity index (χ3n) is 2.50. The summed E-state index contributed by atoms with van der Waals surface area (Å²) in [5.41, 5.74) is 1.92. The van der Waals surface area contributed by atoms with Crippen molar-refractivity contribution in [2.75, 3.05) is 0 Å². The topological polar surface area (TPSA) is 35.0 Å². The van der Waals surface area contributed by atoms with Crippen LogP contribution in [0.2, 0.25) is 5.15 Å². The van der Waals surface area contributed by atoms with Crippen LogP contribution in [0.3, 0.4) is 0 Å². The number of hydrogen-bond acceptors (Lipinski definition) is 3. The lowest BCUT2D eigenvalue weighted by atomic mass is 10.2. The van der Waals surface area contributed by atoms with Crippen LogP contribution in [0.4, 0.5) is 0 Å². The molecular weight excluding hydrogens is 316 g/mol. The number of benzene rings is 1. The van der Waals surface area contributed by atoms with Gasteiger partial charge in [0, 0.05) is 4.47 Å². The summed E-state index contributed by atoms with van der Waals surface area (Å²) in [6.45, 7) is 2.46. The molecule has 0 atom stereocenters. The quantitative estimate of drug-likeness (QED) is 0.795. The van der Waals surface area contributed by atoms with Crippen LogP contribution < -0.4 is 4.74 Å². The summed E-state index contributed by atoms with van der Waals surface area (Å²) >= 11 is 9.39. The summed E-state index contributed by atoms with van der Waals surface area (Å²) < 4.78 is 6.73. The molecule has 0 amide bonds. The van der Waals surface area contributed by atoms with E-state index in [0.717, 1.165) is 22.0 Å². The largest absolute Gasteiger partial charge is 0.472 e. The van der Waals surface area contributed by atoms with E-state index in [-0.39, 0.29) is 0 Å². The number of ether oxygens (including phenoxy) is 1. The number of rotatable bonds is 4. The average molecular weight is 328 g/mol. The van der Waals surface area contributed by atoms with Gasteiger partial charge in [0.1, 0.15) is 18.1 Å². The lowest BCUT2D eigenvalue weighted by molar-refractivity contribution is 0.290. The van der Waals surface area contributed by atoms with E-state index in [9.17, 15) is 0 Å². The Kier molecular flexibility index (Phi) is 4.55. The van der Waals surface area contributed by atoms with Gasteiger partial charge in [-0.3, -0.25) is 0 Å². The molecule has 0 spiro atoms. The Labute approximate surface area is 119 Å². The zero-order valence-electron chi connectivity index (χ0n) is 9.86. The molecule has 0 N–H and O–H groups in total. The first kappa shape index (κ1) is 13.3. The minimum atomic E-state index is 0.457. The van der Waals surface area contributed by atoms with Crippen molar-refractivity contribution in [3.8, 4) is 5.88 Å². The Balaban J connectivity index is 2.10. The van der Waals surface area contributed by atoms with Crippen molar-refractivity contribution >= 4 is 27.5 Å². The van der Waals surface area contributed by atoms with Gasteiger partial charge in [0.15, 0.2) is 0 Å². The third kappa shape index (κ3) is 3.21. The molecule has 2 aromatic rings. The SMILES string of the molecule is CCc1c(Cl)ncnc1OCc1ccc(Br)cc1. The van der Waals surface area contributed by atoms with Gasteiger partial charge in [0.2, 0.25) is 5.88 Å². The Morgan fingerprint density at radius 3 is 2.61 bits per heavy atom. The van der Waals surface area contributed by atoms with E-state index in [1.165, 1.54) is 6.33 Å². The molecule has 3 nitrogen and oxygen atoms in total. The molecule has 1 aromatic carbocycles. The van der Waals surface area contributed by atoms with E-state index < -0.39 is 0 Å². The predicted octanol–water partition coefficient (Wildman–Crippen LogP) is 4.03. The van der Waals surface area contributed by atoms with Gasteiger partial charge in [-0.1, -0.05) is 46.6 Å². The Hall–Kier alpha value is -1.13. The summed E-state index contributed by atoms with van der Waals surface area (Å²) in [5, 5.41) is 0.457. The molecule has 0 radical (unpaired) electrons. The molecule has 0 bridgehead atoms. The molecule has 1 aromatic heterocycles. The number of hydrogen-bond donors (Lipinski definition) is 0. The maximum Gasteiger partial charge on any atom is 0.221 e. The molecule has 0 fully saturated rings. The van der Waals surface area contributed by atoms with Crippen molar-refractivity contribution in [2.45, 2.75) is 20.0 Å². The normalized spacial score (nSPS) is 10.4. The zero-order chi connectivity index (χ0) is 13.0. The molecule has 94 valence electrons. The standard InChI is InChI=1S/C13H12BrClN2O/c1-2-11-12(15)16-8-17-13(11)18-7-9-3-5-10(14)6-4-9/h3-6,8H,2,7H2,1H3. The molecule has 0 aliphatic carbocycles. The second kappa shape index (κ2) is 6.16. The van der Waals surface area contributed by atoms with Crippen molar-refractivity contribution in [1.29, 1.82) is 0 Å². The molecule has 5 heteroatoms. The molecule has 0 aliphatic rings. The van der Waals surface area contributed by atoms with Crippen molar-refractivity contribution in [2.24, 2.45) is 0 Å². The summed E-state index contributed by atoms with van der Waals surface area (Å²) in [5.74, 6) is 0.556. The highest BCUT2D eigenvalue weighted by molar-refractivity contribution is 9.10. The van der Waals surface area contributed by atoms with Crippen LogP contribution in [-0.4, -0.2) is 9.97 Å². The van der Waals surface area contributed by atoms with Crippen LogP contribution in [0.15, 0.2) is 35.1 Å². The molecule has 0 saturated carbocycles. The highest BCUT2D eigenvalue weighted by Gasteiger charge is 2.09. The lowest BCUT2D eigenvalue weighted by Crippen LogP contribution is -2.01. The Morgan fingerprint density at radius 2 is 1.94 bits per heavy atom. The van der Waals surface area contributed by atoms with Gasteiger partial charge < -0.3 is 4.74 Å². The van der Waals surface area contributed by atoms with Gasteiger partial charge in [-0.05, 0) is 24.1 Å². The van der Waals surface area contributed by atoms with Crippen molar-refractivity contribution < 1.29 is 4.74 Å². The molecule has 18 heavy (non-hydrogen) atoms. The molecule has 0 aliphatic heterocycles. The fourth-order valence-corrected chi connectivity index (χ4v) is 2.05. The predicted molar refractivity (Wildman–Crippen MR) is 74.9 cm³/mol. The number of nitrogens with zero attached hydrogens (tertiary/aromatic N) is 2. The van der Waals surface area contributed by atoms with Gasteiger partial charge in [0.05, 0.1) is 5.56 Å². The van der Waals surface area contributed by atoms with E-state index in [0.29, 0.717) is 17.6 Å². The van der Waals surface area contributed by atoms with E-state index >= 15 is 0 Å². The van der Waals surface area contributed by atoms with Gasteiger partial charge >= 0.3 is 0 Å². The van der Waals surface area contributed by atoms with Crippen LogP contribution in [-0.2, 0) is 13.0 Å². The molecule has 2 rings (SSSR count). The molecule has 1 heterocycles. The average Bonchev–Trinajstić information content (AvgIpc) is 2.38. The van der Waals surface area contributed by atoms with Crippen LogP contribution in [0, 0.1) is 0 Å². The molecular formula is C13H12BrClN2O. The van der Waals surface area contributed by atoms with E-state index in [1.54, 1.807) is 0 Å². The van der Waals surface area contributed by atoms with E-state index in [4.69, 9.17) is 16.3 Å². The molecule has 0 unspecified atom stereocenters. The summed E-state index contributed by atoms with van der Waals surface area (Å²) in [4.78, 5) is 8.06. The monoisotopic (exact) mass is 326 g/mol. The minimum absolute atomic E-state index is 0.457. The van der Waals surface area contributed by atoms with Crippen LogP contribution >= 0.6 is 27.5 Å². The van der Waals surface area contributed by atoms with Crippen molar-refractivity contribution in [3.05, 3.63) is 51.3 Å². The maximum atomic E-state index is 5.99. The van der Waals surface area contributed by atoms with Gasteiger partial charge in [-0.2, -0.15) is 0 Å². The Morgan fingerprint density at radius 1 is 1.22 bits per heavy atom. The van der Waals surface area contributed by atoms with Crippen LogP contribution in [0.1, 0.15) is 18.1 Å². The second-order valence-corrected chi connectivity index (χ2v) is 4.99. The second-order valence-electron chi connectivity index (χ2n) is 3.72. The first-order chi connectivity index (χ1) is 8.70. The van der Waals surface area contributed by atoms with E-state index in [1.807, 2.05) is 31.2 Å². The number of halogens is 2. The van der Waals surface area contributed by atoms with Gasteiger partial charge in [0.25, 0.3) is 0 Å². The zero-order valence-corrected chi connectivity index (χ0v) is 12.2. The maximum absolute atomic E-state index is 5.99. The highest BCUT2D eigenvalue weighted by atomic mass is 79.9. The Bertz CT molecular complexity index is 531. The molecule has 0 saturated heterocycles. The van der Waals surface area contributed by atoms with Gasteiger partial charge in [-0.25, -0.2) is 9.97 Å². The van der Waals surface area contributed by atoms with Crippen molar-refractivity contribution in [1.82, 2.24) is 9.97 Å². The highest BCUT2D eigenvalue weighted by Crippen LogP contribution is 2.23. The summed E-state index contributed by atoms with van der Waals surface area (Å²) in [7, 11) is 0.